The van der Waals surface area contributed by atoms with Crippen molar-refractivity contribution >= 4 is 18.4 Å². The number of alkyl halides is 3. The molecular weight excluding hydrogens is 282 g/mol. The van der Waals surface area contributed by atoms with E-state index in [0.29, 0.717) is 12.1 Å². The summed E-state index contributed by atoms with van der Waals surface area (Å²) in [6.07, 6.45) is -4.99. The Morgan fingerprint density at radius 1 is 1.33 bits per heavy atom. The van der Waals surface area contributed by atoms with Gasteiger partial charge in [0.1, 0.15) is 23.2 Å². The monoisotopic (exact) mass is 289 g/mol. The van der Waals surface area contributed by atoms with Gasteiger partial charge in [-0.15, -0.1) is 12.4 Å². The first kappa shape index (κ1) is 16.5. The summed E-state index contributed by atoms with van der Waals surface area (Å²) in [4.78, 5) is 10.6. The van der Waals surface area contributed by atoms with Crippen molar-refractivity contribution in [2.24, 2.45) is 5.73 Å². The SMILES string of the molecule is Cl.N[C@@H](c1c(F)ccc(C(=O)O)c1O)C(F)(F)F. The van der Waals surface area contributed by atoms with Gasteiger partial charge >= 0.3 is 12.1 Å². The highest BCUT2D eigenvalue weighted by Gasteiger charge is 2.41. The first-order valence-corrected chi connectivity index (χ1v) is 4.23. The Morgan fingerprint density at radius 2 is 1.83 bits per heavy atom. The second kappa shape index (κ2) is 5.40. The Labute approximate surface area is 104 Å². The number of carbonyl (C=O) groups is 1. The predicted octanol–water partition coefficient (Wildman–Crippen LogP) is 2.21. The van der Waals surface area contributed by atoms with Crippen molar-refractivity contribution in [1.29, 1.82) is 0 Å². The molecule has 0 saturated heterocycles. The molecule has 18 heavy (non-hydrogen) atoms. The van der Waals surface area contributed by atoms with Crippen LogP contribution in [0.5, 0.6) is 5.75 Å². The van der Waals surface area contributed by atoms with E-state index in [1.165, 1.54) is 0 Å². The van der Waals surface area contributed by atoms with Gasteiger partial charge in [0.25, 0.3) is 0 Å². The molecule has 0 unspecified atom stereocenters. The average molecular weight is 290 g/mol. The molecule has 0 heterocycles. The van der Waals surface area contributed by atoms with Gasteiger partial charge in [-0.05, 0) is 12.1 Å². The van der Waals surface area contributed by atoms with Crippen molar-refractivity contribution in [1.82, 2.24) is 0 Å². The molecular formula is C9H8ClF4NO3. The van der Waals surface area contributed by atoms with Gasteiger partial charge in [0.15, 0.2) is 0 Å². The molecule has 0 aliphatic rings. The van der Waals surface area contributed by atoms with Crippen molar-refractivity contribution in [3.8, 4) is 5.75 Å². The highest BCUT2D eigenvalue weighted by atomic mass is 35.5. The Morgan fingerprint density at radius 3 is 2.22 bits per heavy atom. The third-order valence-corrected chi connectivity index (χ3v) is 2.06. The molecule has 4 N–H and O–H groups in total. The van der Waals surface area contributed by atoms with Gasteiger partial charge in [-0.1, -0.05) is 0 Å². The molecule has 0 spiro atoms. The van der Waals surface area contributed by atoms with Crippen LogP contribution in [0.2, 0.25) is 0 Å². The first-order valence-electron chi connectivity index (χ1n) is 4.23. The van der Waals surface area contributed by atoms with Gasteiger partial charge in [0.2, 0.25) is 0 Å². The smallest absolute Gasteiger partial charge is 0.407 e. The minimum atomic E-state index is -4.99. The zero-order valence-corrected chi connectivity index (χ0v) is 9.35. The number of aromatic carboxylic acids is 1. The highest BCUT2D eigenvalue weighted by molar-refractivity contribution is 5.91. The standard InChI is InChI=1S/C9H7F4NO3.ClH/c10-4-2-1-3(8(16)17)6(15)5(4)7(14)9(11,12)13;/h1-2,7,15H,14H2,(H,16,17);1H/t7-;/m0./s1. The molecule has 1 rings (SSSR count). The molecule has 0 aromatic heterocycles. The maximum atomic E-state index is 13.1. The molecule has 1 aromatic rings. The van der Waals surface area contributed by atoms with Gasteiger partial charge in [-0.25, -0.2) is 9.18 Å². The summed E-state index contributed by atoms with van der Waals surface area (Å²) >= 11 is 0. The van der Waals surface area contributed by atoms with Crippen molar-refractivity contribution in [2.45, 2.75) is 12.2 Å². The number of carboxylic acids is 1. The normalized spacial score (nSPS) is 12.7. The molecule has 0 fully saturated rings. The second-order valence-electron chi connectivity index (χ2n) is 3.18. The molecule has 1 atom stereocenters. The number of aromatic hydroxyl groups is 1. The van der Waals surface area contributed by atoms with E-state index in [9.17, 15) is 27.5 Å². The summed E-state index contributed by atoms with van der Waals surface area (Å²) in [6, 6.07) is -1.63. The van der Waals surface area contributed by atoms with Gasteiger partial charge in [-0.2, -0.15) is 13.2 Å². The van der Waals surface area contributed by atoms with Crippen LogP contribution in [0.25, 0.3) is 0 Å². The van der Waals surface area contributed by atoms with E-state index in [2.05, 4.69) is 0 Å². The third kappa shape index (κ3) is 3.02. The third-order valence-electron chi connectivity index (χ3n) is 2.06. The summed E-state index contributed by atoms with van der Waals surface area (Å²) in [5.74, 6) is -4.42. The first-order chi connectivity index (χ1) is 7.66. The van der Waals surface area contributed by atoms with E-state index in [0.717, 1.165) is 0 Å². The van der Waals surface area contributed by atoms with Crippen LogP contribution < -0.4 is 5.73 Å². The van der Waals surface area contributed by atoms with E-state index < -0.39 is 40.9 Å². The van der Waals surface area contributed by atoms with Gasteiger partial charge in [0.05, 0.1) is 5.56 Å². The molecule has 0 radical (unpaired) electrons. The minimum Gasteiger partial charge on any atom is -0.507 e. The fourth-order valence-electron chi connectivity index (χ4n) is 1.22. The summed E-state index contributed by atoms with van der Waals surface area (Å²) in [6.45, 7) is 0. The van der Waals surface area contributed by atoms with E-state index in [-0.39, 0.29) is 12.4 Å². The van der Waals surface area contributed by atoms with Crippen LogP contribution in [0.4, 0.5) is 17.6 Å². The fraction of sp³-hybridized carbons (Fsp3) is 0.222. The maximum Gasteiger partial charge on any atom is 0.407 e. The average Bonchev–Trinajstić information content (AvgIpc) is 2.15. The molecule has 4 nitrogen and oxygen atoms in total. The number of carboxylic acid groups (broad SMARTS) is 1. The minimum absolute atomic E-state index is 0. The highest BCUT2D eigenvalue weighted by Crippen LogP contribution is 2.38. The molecule has 0 aliphatic carbocycles. The summed E-state index contributed by atoms with van der Waals surface area (Å²) in [5, 5.41) is 17.8. The number of hydrogen-bond donors (Lipinski definition) is 3. The molecule has 0 bridgehead atoms. The van der Waals surface area contributed by atoms with Gasteiger partial charge in [0, 0.05) is 0 Å². The number of hydrogen-bond acceptors (Lipinski definition) is 3. The van der Waals surface area contributed by atoms with Crippen LogP contribution in [0.15, 0.2) is 12.1 Å². The number of phenols is 1. The van der Waals surface area contributed by atoms with Crippen LogP contribution in [0.3, 0.4) is 0 Å². The Balaban J connectivity index is 0.00000289. The molecule has 0 amide bonds. The van der Waals surface area contributed by atoms with E-state index in [1.54, 1.807) is 0 Å². The molecule has 9 heteroatoms. The number of nitrogens with two attached hydrogens (primary N) is 1. The fourth-order valence-corrected chi connectivity index (χ4v) is 1.22. The van der Waals surface area contributed by atoms with Crippen LogP contribution in [-0.2, 0) is 0 Å². The van der Waals surface area contributed by atoms with Crippen LogP contribution in [-0.4, -0.2) is 22.4 Å². The van der Waals surface area contributed by atoms with E-state index in [4.69, 9.17) is 10.8 Å². The summed E-state index contributed by atoms with van der Waals surface area (Å²) in [5.41, 5.74) is 2.60. The van der Waals surface area contributed by atoms with Crippen LogP contribution in [0.1, 0.15) is 22.0 Å². The quantitative estimate of drug-likeness (QED) is 0.729. The van der Waals surface area contributed by atoms with Gasteiger partial charge in [-0.3, -0.25) is 0 Å². The lowest BCUT2D eigenvalue weighted by molar-refractivity contribution is -0.150. The van der Waals surface area contributed by atoms with Crippen LogP contribution in [0, 0.1) is 5.82 Å². The molecule has 102 valence electrons. The van der Waals surface area contributed by atoms with Gasteiger partial charge < -0.3 is 15.9 Å². The maximum absolute atomic E-state index is 13.1. The molecule has 0 saturated carbocycles. The Bertz CT molecular complexity index is 464. The predicted molar refractivity (Wildman–Crippen MR) is 55.3 cm³/mol. The van der Waals surface area contributed by atoms with Crippen LogP contribution >= 0.6 is 12.4 Å². The lowest BCUT2D eigenvalue weighted by Gasteiger charge is -2.18. The largest absolute Gasteiger partial charge is 0.507 e. The second-order valence-corrected chi connectivity index (χ2v) is 3.18. The number of halogens is 5. The lowest BCUT2D eigenvalue weighted by Crippen LogP contribution is -2.29. The topological polar surface area (TPSA) is 83.6 Å². The zero-order chi connectivity index (χ0) is 13.4. The van der Waals surface area contributed by atoms with Crippen molar-refractivity contribution in [3.63, 3.8) is 0 Å². The summed E-state index contributed by atoms with van der Waals surface area (Å²) < 4.78 is 50.0. The number of rotatable bonds is 2. The van der Waals surface area contributed by atoms with E-state index in [1.807, 2.05) is 0 Å². The summed E-state index contributed by atoms with van der Waals surface area (Å²) in [7, 11) is 0. The molecule has 1 aromatic carbocycles. The van der Waals surface area contributed by atoms with Crippen molar-refractivity contribution in [2.75, 3.05) is 0 Å². The van der Waals surface area contributed by atoms with E-state index >= 15 is 0 Å². The Hall–Kier alpha value is -1.54. The zero-order valence-electron chi connectivity index (χ0n) is 8.53. The lowest BCUT2D eigenvalue weighted by atomic mass is 10.0. The van der Waals surface area contributed by atoms with Crippen molar-refractivity contribution < 1.29 is 32.6 Å². The molecule has 0 aliphatic heterocycles. The Kier molecular flexibility index (Phi) is 4.94. The van der Waals surface area contributed by atoms with Crippen molar-refractivity contribution in [3.05, 3.63) is 29.1 Å². The number of benzene rings is 1.